The van der Waals surface area contributed by atoms with Gasteiger partial charge in [0.25, 0.3) is 0 Å². The Hall–Kier alpha value is -2.97. The van der Waals surface area contributed by atoms with E-state index in [4.69, 9.17) is 44.3 Å². The summed E-state index contributed by atoms with van der Waals surface area (Å²) in [6.07, 6.45) is 1.70. The molecule has 0 amide bonds. The van der Waals surface area contributed by atoms with Crippen LogP contribution in [0.4, 0.5) is 0 Å². The number of esters is 1. The fraction of sp³-hybridized carbons (Fsp3) is 0.0435. The minimum atomic E-state index is -0.642. The molecule has 0 fully saturated rings. The number of hydrogen-bond acceptors (Lipinski definition) is 4. The van der Waals surface area contributed by atoms with Gasteiger partial charge in [-0.2, -0.15) is 5.26 Å². The number of nitrogens with zero attached hydrogens (tertiary/aromatic N) is 1. The van der Waals surface area contributed by atoms with Gasteiger partial charge in [-0.15, -0.1) is 0 Å². The highest BCUT2D eigenvalue weighted by molar-refractivity contribution is 6.36. The molecule has 0 unspecified atom stereocenters. The van der Waals surface area contributed by atoms with Crippen molar-refractivity contribution in [1.82, 2.24) is 0 Å². The van der Waals surface area contributed by atoms with E-state index >= 15 is 0 Å². The summed E-state index contributed by atoms with van der Waals surface area (Å²) in [4.78, 5) is 12.5. The third kappa shape index (κ3) is 5.14. The standard InChI is InChI=1S/C23H14Cl3NO3/c1-29-22-11-14(10-16(13-27)15-3-5-17(24)6-4-15)2-9-21(22)30-23(28)19-8-7-18(25)12-20(19)26/h2-12H,1H3. The van der Waals surface area contributed by atoms with E-state index in [0.717, 1.165) is 5.56 Å². The van der Waals surface area contributed by atoms with Crippen LogP contribution < -0.4 is 9.47 Å². The Bertz CT molecular complexity index is 1170. The van der Waals surface area contributed by atoms with E-state index in [9.17, 15) is 10.1 Å². The molecule has 150 valence electrons. The molecule has 0 aliphatic rings. The Morgan fingerprint density at radius 3 is 2.27 bits per heavy atom. The summed E-state index contributed by atoms with van der Waals surface area (Å²) < 4.78 is 10.8. The first-order chi connectivity index (χ1) is 14.4. The third-order valence-electron chi connectivity index (χ3n) is 4.13. The number of halogens is 3. The fourth-order valence-corrected chi connectivity index (χ4v) is 3.26. The zero-order chi connectivity index (χ0) is 21.7. The van der Waals surface area contributed by atoms with Gasteiger partial charge in [0.2, 0.25) is 0 Å². The summed E-state index contributed by atoms with van der Waals surface area (Å²) in [5.74, 6) is -0.0941. The zero-order valence-corrected chi connectivity index (χ0v) is 17.9. The summed E-state index contributed by atoms with van der Waals surface area (Å²) in [6, 6.07) is 18.6. The first-order valence-electron chi connectivity index (χ1n) is 8.64. The molecule has 0 atom stereocenters. The van der Waals surface area contributed by atoms with Crippen molar-refractivity contribution in [3.8, 4) is 17.6 Å². The Morgan fingerprint density at radius 1 is 0.933 bits per heavy atom. The molecule has 0 N–H and O–H groups in total. The molecule has 0 aromatic heterocycles. The molecule has 3 aromatic rings. The topological polar surface area (TPSA) is 59.3 Å². The predicted molar refractivity (Wildman–Crippen MR) is 119 cm³/mol. The van der Waals surface area contributed by atoms with Gasteiger partial charge in [0.1, 0.15) is 0 Å². The monoisotopic (exact) mass is 457 g/mol. The van der Waals surface area contributed by atoms with Gasteiger partial charge in [0.15, 0.2) is 11.5 Å². The van der Waals surface area contributed by atoms with Crippen LogP contribution in [0.3, 0.4) is 0 Å². The lowest BCUT2D eigenvalue weighted by atomic mass is 10.0. The van der Waals surface area contributed by atoms with Gasteiger partial charge in [-0.25, -0.2) is 4.79 Å². The summed E-state index contributed by atoms with van der Waals surface area (Å²) in [5, 5.41) is 10.7. The minimum absolute atomic E-state index is 0.182. The molecule has 7 heteroatoms. The largest absolute Gasteiger partial charge is 0.493 e. The van der Waals surface area contributed by atoms with Crippen LogP contribution in [-0.2, 0) is 0 Å². The van der Waals surface area contributed by atoms with Gasteiger partial charge in [-0.05, 0) is 59.7 Å². The Kier molecular flexibility index (Phi) is 7.02. The van der Waals surface area contributed by atoms with E-state index in [1.807, 2.05) is 0 Å². The average molecular weight is 459 g/mol. The summed E-state index contributed by atoms with van der Waals surface area (Å²) in [5.41, 5.74) is 2.06. The maximum absolute atomic E-state index is 12.5. The van der Waals surface area contributed by atoms with Crippen molar-refractivity contribution >= 4 is 52.4 Å². The van der Waals surface area contributed by atoms with Gasteiger partial charge in [0.05, 0.1) is 29.3 Å². The van der Waals surface area contributed by atoms with Crippen LogP contribution in [0.5, 0.6) is 11.5 Å². The zero-order valence-electron chi connectivity index (χ0n) is 15.7. The van der Waals surface area contributed by atoms with Crippen molar-refractivity contribution in [2.75, 3.05) is 7.11 Å². The molecule has 0 heterocycles. The predicted octanol–water partition coefficient (Wildman–Crippen LogP) is 6.94. The van der Waals surface area contributed by atoms with E-state index in [0.29, 0.717) is 26.9 Å². The smallest absolute Gasteiger partial charge is 0.345 e. The van der Waals surface area contributed by atoms with Crippen molar-refractivity contribution in [3.63, 3.8) is 0 Å². The maximum Gasteiger partial charge on any atom is 0.345 e. The number of rotatable bonds is 5. The lowest BCUT2D eigenvalue weighted by molar-refractivity contribution is 0.0730. The van der Waals surface area contributed by atoms with E-state index in [1.165, 1.54) is 19.2 Å². The molecule has 0 aliphatic carbocycles. The van der Waals surface area contributed by atoms with Crippen LogP contribution in [0.25, 0.3) is 11.6 Å². The number of ether oxygens (including phenoxy) is 2. The highest BCUT2D eigenvalue weighted by Gasteiger charge is 2.16. The van der Waals surface area contributed by atoms with Gasteiger partial charge in [0, 0.05) is 10.0 Å². The number of benzene rings is 3. The Labute approximate surface area is 188 Å². The fourth-order valence-electron chi connectivity index (χ4n) is 2.64. The van der Waals surface area contributed by atoms with Crippen LogP contribution in [0.1, 0.15) is 21.5 Å². The number of allylic oxidation sites excluding steroid dienone is 1. The first-order valence-corrected chi connectivity index (χ1v) is 9.77. The van der Waals surface area contributed by atoms with Crippen LogP contribution in [0, 0.1) is 11.3 Å². The molecule has 3 rings (SSSR count). The molecule has 3 aromatic carbocycles. The molecular formula is C23H14Cl3NO3. The normalized spacial score (nSPS) is 11.0. The highest BCUT2D eigenvalue weighted by Crippen LogP contribution is 2.31. The molecule has 0 bridgehead atoms. The van der Waals surface area contributed by atoms with E-state index in [1.54, 1.807) is 54.6 Å². The summed E-state index contributed by atoms with van der Waals surface area (Å²) >= 11 is 17.8. The maximum atomic E-state index is 12.5. The van der Waals surface area contributed by atoms with Gasteiger partial charge in [-0.3, -0.25) is 0 Å². The summed E-state index contributed by atoms with van der Waals surface area (Å²) in [7, 11) is 1.46. The van der Waals surface area contributed by atoms with Crippen LogP contribution >= 0.6 is 34.8 Å². The second-order valence-corrected chi connectivity index (χ2v) is 7.38. The van der Waals surface area contributed by atoms with E-state index < -0.39 is 5.97 Å². The van der Waals surface area contributed by atoms with Crippen molar-refractivity contribution in [2.45, 2.75) is 0 Å². The Morgan fingerprint density at radius 2 is 1.63 bits per heavy atom. The minimum Gasteiger partial charge on any atom is -0.493 e. The Balaban J connectivity index is 1.88. The summed E-state index contributed by atoms with van der Waals surface area (Å²) in [6.45, 7) is 0. The molecule has 0 spiro atoms. The van der Waals surface area contributed by atoms with Gasteiger partial charge >= 0.3 is 5.97 Å². The van der Waals surface area contributed by atoms with Gasteiger partial charge < -0.3 is 9.47 Å². The molecule has 0 saturated carbocycles. The molecule has 0 saturated heterocycles. The van der Waals surface area contributed by atoms with Crippen molar-refractivity contribution in [1.29, 1.82) is 5.26 Å². The van der Waals surface area contributed by atoms with Crippen LogP contribution in [-0.4, -0.2) is 13.1 Å². The second-order valence-electron chi connectivity index (χ2n) is 6.10. The number of carbonyl (C=O) groups excluding carboxylic acids is 1. The quantitative estimate of drug-likeness (QED) is 0.180. The molecule has 0 radical (unpaired) electrons. The van der Waals surface area contributed by atoms with Crippen molar-refractivity contribution in [3.05, 3.63) is 92.4 Å². The molecule has 0 aliphatic heterocycles. The lowest BCUT2D eigenvalue weighted by Crippen LogP contribution is -2.10. The SMILES string of the molecule is COc1cc(C=C(C#N)c2ccc(Cl)cc2)ccc1OC(=O)c1ccc(Cl)cc1Cl. The second kappa shape index (κ2) is 9.69. The number of carbonyl (C=O) groups is 1. The third-order valence-corrected chi connectivity index (χ3v) is 4.93. The van der Waals surface area contributed by atoms with Crippen LogP contribution in [0.2, 0.25) is 15.1 Å². The first kappa shape index (κ1) is 21.7. The highest BCUT2D eigenvalue weighted by atomic mass is 35.5. The molecular weight excluding hydrogens is 445 g/mol. The molecule has 30 heavy (non-hydrogen) atoms. The molecule has 4 nitrogen and oxygen atoms in total. The average Bonchev–Trinajstić information content (AvgIpc) is 2.73. The number of methoxy groups -OCH3 is 1. The van der Waals surface area contributed by atoms with Crippen molar-refractivity contribution < 1.29 is 14.3 Å². The number of hydrogen-bond donors (Lipinski definition) is 0. The van der Waals surface area contributed by atoms with Gasteiger partial charge in [-0.1, -0.05) is 53.0 Å². The van der Waals surface area contributed by atoms with Crippen molar-refractivity contribution in [2.24, 2.45) is 0 Å². The van der Waals surface area contributed by atoms with E-state index in [2.05, 4.69) is 6.07 Å². The number of nitriles is 1. The van der Waals surface area contributed by atoms with E-state index in [-0.39, 0.29) is 16.3 Å². The van der Waals surface area contributed by atoms with Crippen LogP contribution in [0.15, 0.2) is 60.7 Å². The lowest BCUT2D eigenvalue weighted by Gasteiger charge is -2.11.